The molecule has 0 saturated carbocycles. The summed E-state index contributed by atoms with van der Waals surface area (Å²) < 4.78 is 5.14. The summed E-state index contributed by atoms with van der Waals surface area (Å²) in [4.78, 5) is 17.8. The van der Waals surface area contributed by atoms with Crippen molar-refractivity contribution in [3.05, 3.63) is 59.7 Å². The zero-order chi connectivity index (χ0) is 16.9. The first-order valence-corrected chi connectivity index (χ1v) is 7.97. The van der Waals surface area contributed by atoms with Crippen molar-refractivity contribution in [2.75, 3.05) is 12.4 Å². The van der Waals surface area contributed by atoms with Crippen LogP contribution >= 0.6 is 0 Å². The van der Waals surface area contributed by atoms with E-state index in [1.54, 1.807) is 7.11 Å². The van der Waals surface area contributed by atoms with Crippen molar-refractivity contribution in [3.8, 4) is 5.75 Å². The molecule has 1 aliphatic heterocycles. The fourth-order valence-electron chi connectivity index (χ4n) is 2.64. The number of carbonyl (C=O) groups excluding carboxylic acids is 1. The van der Waals surface area contributed by atoms with Crippen molar-refractivity contribution < 1.29 is 14.4 Å². The molecule has 1 heterocycles. The van der Waals surface area contributed by atoms with Gasteiger partial charge in [0, 0.05) is 12.1 Å². The van der Waals surface area contributed by atoms with Crippen LogP contribution in [0.25, 0.3) is 0 Å². The summed E-state index contributed by atoms with van der Waals surface area (Å²) >= 11 is 0. The topological polar surface area (TPSA) is 59.9 Å². The van der Waals surface area contributed by atoms with Gasteiger partial charge in [0.25, 0.3) is 5.91 Å². The molecule has 5 heteroatoms. The molecule has 0 radical (unpaired) electrons. The molecule has 1 aliphatic rings. The van der Waals surface area contributed by atoms with Gasteiger partial charge in [-0.05, 0) is 47.9 Å². The van der Waals surface area contributed by atoms with Crippen molar-refractivity contribution in [2.24, 2.45) is 5.16 Å². The maximum atomic E-state index is 12.4. The molecule has 1 N–H and O–H groups in total. The van der Waals surface area contributed by atoms with Crippen LogP contribution in [-0.2, 0) is 16.1 Å². The monoisotopic (exact) mass is 324 g/mol. The molecule has 0 bridgehead atoms. The number of ether oxygens (including phenoxy) is 1. The third-order valence-corrected chi connectivity index (χ3v) is 4.04. The lowest BCUT2D eigenvalue weighted by molar-refractivity contribution is -0.125. The first-order valence-electron chi connectivity index (χ1n) is 7.97. The molecule has 0 aliphatic carbocycles. The first-order chi connectivity index (χ1) is 11.7. The number of methoxy groups -OCH3 is 1. The highest BCUT2D eigenvalue weighted by Gasteiger charge is 2.29. The molecule has 5 nitrogen and oxygen atoms in total. The van der Waals surface area contributed by atoms with E-state index in [0.717, 1.165) is 34.7 Å². The quantitative estimate of drug-likeness (QED) is 0.917. The molecule has 2 aromatic carbocycles. The molecule has 0 spiro atoms. The molecule has 0 saturated heterocycles. The van der Waals surface area contributed by atoms with E-state index in [0.29, 0.717) is 6.42 Å². The van der Waals surface area contributed by atoms with Crippen molar-refractivity contribution in [2.45, 2.75) is 25.9 Å². The first kappa shape index (κ1) is 16.1. The number of rotatable bonds is 5. The molecular formula is C19H20N2O3. The van der Waals surface area contributed by atoms with Crippen molar-refractivity contribution in [1.82, 2.24) is 0 Å². The van der Waals surface area contributed by atoms with Gasteiger partial charge in [0.05, 0.1) is 12.8 Å². The molecule has 2 aromatic rings. The average molecular weight is 324 g/mol. The third kappa shape index (κ3) is 3.40. The molecule has 124 valence electrons. The second-order valence-corrected chi connectivity index (χ2v) is 5.56. The number of carbonyl (C=O) groups is 1. The Labute approximate surface area is 141 Å². The number of anilines is 1. The second-order valence-electron chi connectivity index (χ2n) is 5.56. The minimum atomic E-state index is -0.605. The highest BCUT2D eigenvalue weighted by molar-refractivity contribution is 6.06. The van der Waals surface area contributed by atoms with Crippen LogP contribution in [0.4, 0.5) is 5.69 Å². The lowest BCUT2D eigenvalue weighted by Crippen LogP contribution is -2.28. The minimum Gasteiger partial charge on any atom is -0.497 e. The van der Waals surface area contributed by atoms with Crippen molar-refractivity contribution in [1.29, 1.82) is 0 Å². The van der Waals surface area contributed by atoms with Crippen LogP contribution in [0.2, 0.25) is 0 Å². The fraction of sp³-hybridized carbons (Fsp3) is 0.263. The van der Waals surface area contributed by atoms with Crippen LogP contribution in [0.5, 0.6) is 5.75 Å². The summed E-state index contributed by atoms with van der Waals surface area (Å²) in [6, 6.07) is 15.3. The van der Waals surface area contributed by atoms with Gasteiger partial charge in [0.2, 0.25) is 6.10 Å². The number of hydrogen-bond donors (Lipinski definition) is 1. The Balaban J connectivity index is 1.64. The van der Waals surface area contributed by atoms with Crippen LogP contribution in [0.15, 0.2) is 53.7 Å². The maximum absolute atomic E-state index is 12.4. The molecule has 1 amide bonds. The molecular weight excluding hydrogens is 304 g/mol. The van der Waals surface area contributed by atoms with Gasteiger partial charge in [-0.15, -0.1) is 0 Å². The molecule has 1 atom stereocenters. The molecule has 0 unspecified atom stereocenters. The Kier molecular flexibility index (Phi) is 4.79. The Bertz CT molecular complexity index is 753. The predicted molar refractivity (Wildman–Crippen MR) is 93.5 cm³/mol. The number of para-hydroxylation sites is 1. The molecule has 0 aromatic heterocycles. The molecule has 0 fully saturated rings. The minimum absolute atomic E-state index is 0.178. The van der Waals surface area contributed by atoms with Gasteiger partial charge >= 0.3 is 0 Å². The van der Waals surface area contributed by atoms with Gasteiger partial charge in [-0.1, -0.05) is 30.3 Å². The number of nitrogens with zero attached hydrogens (tertiary/aromatic N) is 1. The summed E-state index contributed by atoms with van der Waals surface area (Å²) in [6.45, 7) is 2.06. The van der Waals surface area contributed by atoms with Crippen LogP contribution in [0, 0.1) is 0 Å². The van der Waals surface area contributed by atoms with Crippen molar-refractivity contribution >= 4 is 17.3 Å². The van der Waals surface area contributed by atoms with E-state index in [1.165, 1.54) is 0 Å². The van der Waals surface area contributed by atoms with E-state index < -0.39 is 6.10 Å². The molecule has 24 heavy (non-hydrogen) atoms. The van der Waals surface area contributed by atoms with Crippen LogP contribution in [0.3, 0.4) is 0 Å². The van der Waals surface area contributed by atoms with E-state index in [2.05, 4.69) is 17.4 Å². The van der Waals surface area contributed by atoms with E-state index in [1.807, 2.05) is 48.5 Å². The van der Waals surface area contributed by atoms with Gasteiger partial charge in [0.15, 0.2) is 0 Å². The van der Waals surface area contributed by atoms with E-state index in [4.69, 9.17) is 9.57 Å². The summed E-state index contributed by atoms with van der Waals surface area (Å²) in [5, 5.41) is 7.00. The lowest BCUT2D eigenvalue weighted by atomic mass is 10.0. The third-order valence-electron chi connectivity index (χ3n) is 4.04. The Morgan fingerprint density at radius 1 is 1.25 bits per heavy atom. The van der Waals surface area contributed by atoms with Gasteiger partial charge in [-0.3, -0.25) is 4.79 Å². The number of aryl methyl sites for hydroxylation is 1. The van der Waals surface area contributed by atoms with E-state index in [-0.39, 0.29) is 5.91 Å². The average Bonchev–Trinajstić information content (AvgIpc) is 3.12. The standard InChI is InChI=1S/C19H20N2O3/c1-3-13-6-4-5-7-16(13)20-19(22)18-12-17(21-24-18)14-8-10-15(23-2)11-9-14/h4-11,18H,3,12H2,1-2H3,(H,20,22)/t18-/m0/s1. The Morgan fingerprint density at radius 3 is 2.71 bits per heavy atom. The predicted octanol–water partition coefficient (Wildman–Crippen LogP) is 3.39. The van der Waals surface area contributed by atoms with Gasteiger partial charge < -0.3 is 14.9 Å². The zero-order valence-corrected chi connectivity index (χ0v) is 13.8. The summed E-state index contributed by atoms with van der Waals surface area (Å²) in [6.07, 6.45) is 0.703. The van der Waals surface area contributed by atoms with Crippen molar-refractivity contribution in [3.63, 3.8) is 0 Å². The summed E-state index contributed by atoms with van der Waals surface area (Å²) in [7, 11) is 1.62. The number of nitrogens with one attached hydrogen (secondary N) is 1. The van der Waals surface area contributed by atoms with Crippen LogP contribution < -0.4 is 10.1 Å². The number of amides is 1. The maximum Gasteiger partial charge on any atom is 0.268 e. The molecule has 3 rings (SSSR count). The number of oxime groups is 1. The normalized spacial score (nSPS) is 16.2. The fourth-order valence-corrected chi connectivity index (χ4v) is 2.64. The van der Waals surface area contributed by atoms with E-state index in [9.17, 15) is 4.79 Å². The van der Waals surface area contributed by atoms with Gasteiger partial charge in [-0.25, -0.2) is 0 Å². The SMILES string of the molecule is CCc1ccccc1NC(=O)[C@@H]1CC(c2ccc(OC)cc2)=NO1. The number of benzene rings is 2. The smallest absolute Gasteiger partial charge is 0.268 e. The van der Waals surface area contributed by atoms with Gasteiger partial charge in [0.1, 0.15) is 5.75 Å². The van der Waals surface area contributed by atoms with Gasteiger partial charge in [-0.2, -0.15) is 0 Å². The van der Waals surface area contributed by atoms with Crippen LogP contribution in [-0.4, -0.2) is 24.8 Å². The zero-order valence-electron chi connectivity index (χ0n) is 13.8. The Hall–Kier alpha value is -2.82. The highest BCUT2D eigenvalue weighted by Crippen LogP contribution is 2.21. The second kappa shape index (κ2) is 7.17. The highest BCUT2D eigenvalue weighted by atomic mass is 16.6. The number of hydrogen-bond acceptors (Lipinski definition) is 4. The lowest BCUT2D eigenvalue weighted by Gasteiger charge is -2.12. The van der Waals surface area contributed by atoms with Crippen LogP contribution in [0.1, 0.15) is 24.5 Å². The summed E-state index contributed by atoms with van der Waals surface area (Å²) in [5.74, 6) is 0.604. The Morgan fingerprint density at radius 2 is 2.00 bits per heavy atom. The van der Waals surface area contributed by atoms with E-state index >= 15 is 0 Å². The largest absolute Gasteiger partial charge is 0.497 e. The summed E-state index contributed by atoms with van der Waals surface area (Å²) in [5.41, 5.74) is 3.62.